The van der Waals surface area contributed by atoms with E-state index in [9.17, 15) is 4.79 Å². The minimum atomic E-state index is -0.163. The Balaban J connectivity index is 1.74. The first kappa shape index (κ1) is 19.2. The van der Waals surface area contributed by atoms with Crippen molar-refractivity contribution in [3.63, 3.8) is 0 Å². The van der Waals surface area contributed by atoms with Gasteiger partial charge in [-0.1, -0.05) is 35.3 Å². The lowest BCUT2D eigenvalue weighted by molar-refractivity contribution is -0.121. The van der Waals surface area contributed by atoms with Crippen molar-refractivity contribution < 1.29 is 9.53 Å². The lowest BCUT2D eigenvalue weighted by Gasteiger charge is -2.10. The molecule has 3 rings (SSSR count). The van der Waals surface area contributed by atoms with E-state index in [4.69, 9.17) is 40.2 Å². The smallest absolute Gasteiger partial charge is 0.276 e. The molecule has 1 aliphatic rings. The van der Waals surface area contributed by atoms with E-state index >= 15 is 0 Å². The molecular weight excluding hydrogens is 459 g/mol. The number of hydrogen-bond acceptors (Lipinski definition) is 3. The Hall–Kier alpha value is -1.60. The minimum absolute atomic E-state index is 0.163. The van der Waals surface area contributed by atoms with Crippen molar-refractivity contribution in [3.05, 3.63) is 67.7 Å². The zero-order valence-electron chi connectivity index (χ0n) is 13.6. The normalized spacial score (nSPS) is 15.5. The van der Waals surface area contributed by atoms with E-state index in [2.05, 4.69) is 21.2 Å². The molecule has 134 valence electrons. The molecule has 0 bridgehead atoms. The van der Waals surface area contributed by atoms with Crippen LogP contribution in [-0.2, 0) is 11.4 Å². The summed E-state index contributed by atoms with van der Waals surface area (Å²) in [6, 6.07) is 10.8. The molecule has 2 aromatic carbocycles. The van der Waals surface area contributed by atoms with Gasteiger partial charge in [0.05, 0.1) is 4.47 Å². The topological polar surface area (TPSA) is 41.6 Å². The van der Waals surface area contributed by atoms with Crippen LogP contribution in [0.5, 0.6) is 5.75 Å². The summed E-state index contributed by atoms with van der Waals surface area (Å²) >= 11 is 20.6. The van der Waals surface area contributed by atoms with E-state index in [1.54, 1.807) is 25.3 Å². The van der Waals surface area contributed by atoms with Crippen LogP contribution in [0.2, 0.25) is 10.0 Å². The lowest BCUT2D eigenvalue weighted by atomic mass is 10.2. The van der Waals surface area contributed by atoms with E-state index in [1.165, 1.54) is 4.90 Å². The summed E-state index contributed by atoms with van der Waals surface area (Å²) in [5.74, 6) is 0.500. The fraction of sp³-hybridized carbons (Fsp3) is 0.111. The molecule has 1 N–H and O–H groups in total. The van der Waals surface area contributed by atoms with Crippen molar-refractivity contribution >= 4 is 68.4 Å². The van der Waals surface area contributed by atoms with Gasteiger partial charge in [-0.2, -0.15) is 0 Å². The first-order valence-corrected chi connectivity index (χ1v) is 9.48. The number of carbonyl (C=O) groups is 1. The van der Waals surface area contributed by atoms with Crippen LogP contribution in [0.3, 0.4) is 0 Å². The van der Waals surface area contributed by atoms with Crippen molar-refractivity contribution in [1.29, 1.82) is 0 Å². The number of benzene rings is 2. The number of thiocarbonyl (C=S) groups is 1. The predicted octanol–water partition coefficient (Wildman–Crippen LogP) is 5.02. The summed E-state index contributed by atoms with van der Waals surface area (Å²) in [6.45, 7) is 0.314. The second-order valence-electron chi connectivity index (χ2n) is 5.57. The zero-order valence-corrected chi connectivity index (χ0v) is 17.5. The number of rotatable bonds is 4. The van der Waals surface area contributed by atoms with Crippen LogP contribution < -0.4 is 10.1 Å². The van der Waals surface area contributed by atoms with E-state index in [0.717, 1.165) is 15.6 Å². The van der Waals surface area contributed by atoms with Crippen molar-refractivity contribution in [2.45, 2.75) is 6.61 Å². The Bertz CT molecular complexity index is 933. The highest BCUT2D eigenvalue weighted by Crippen LogP contribution is 2.29. The number of likely N-dealkylation sites (N-methyl/N-ethyl adjacent to an activating group) is 1. The highest BCUT2D eigenvalue weighted by molar-refractivity contribution is 9.10. The number of nitrogens with one attached hydrogen (secondary N) is 1. The third-order valence-electron chi connectivity index (χ3n) is 3.75. The van der Waals surface area contributed by atoms with Gasteiger partial charge in [0.15, 0.2) is 5.11 Å². The van der Waals surface area contributed by atoms with Crippen LogP contribution in [0.15, 0.2) is 46.6 Å². The van der Waals surface area contributed by atoms with Crippen LogP contribution in [0.25, 0.3) is 6.08 Å². The second-order valence-corrected chi connectivity index (χ2v) is 7.65. The van der Waals surface area contributed by atoms with Gasteiger partial charge in [0.1, 0.15) is 18.1 Å². The maximum absolute atomic E-state index is 12.0. The number of nitrogens with zero attached hydrogens (tertiary/aromatic N) is 1. The quantitative estimate of drug-likeness (QED) is 0.502. The maximum atomic E-state index is 12.0. The van der Waals surface area contributed by atoms with E-state index in [1.807, 2.05) is 24.3 Å². The van der Waals surface area contributed by atoms with Crippen LogP contribution in [0, 0.1) is 0 Å². The lowest BCUT2D eigenvalue weighted by Crippen LogP contribution is -2.25. The molecule has 26 heavy (non-hydrogen) atoms. The third kappa shape index (κ3) is 4.20. The Kier molecular flexibility index (Phi) is 5.87. The zero-order chi connectivity index (χ0) is 18.8. The molecule has 8 heteroatoms. The average molecular weight is 472 g/mol. The molecule has 4 nitrogen and oxygen atoms in total. The van der Waals surface area contributed by atoms with Gasteiger partial charge >= 0.3 is 0 Å². The highest BCUT2D eigenvalue weighted by Gasteiger charge is 2.26. The number of ether oxygens (including phenoxy) is 1. The molecule has 2 aromatic rings. The largest absolute Gasteiger partial charge is 0.488 e. The van der Waals surface area contributed by atoms with Gasteiger partial charge < -0.3 is 10.1 Å². The number of hydrogen-bond donors (Lipinski definition) is 1. The van der Waals surface area contributed by atoms with Crippen molar-refractivity contribution in [2.75, 3.05) is 7.05 Å². The van der Waals surface area contributed by atoms with Crippen molar-refractivity contribution in [1.82, 2.24) is 10.2 Å². The standard InChI is InChI=1S/C18H13BrCl2N2O2S/c1-23-17(24)15(22-18(23)26)7-10-2-5-16(13(19)6-10)25-9-11-3-4-12(20)8-14(11)21/h2-8H,9H2,1H3,(H,22,26)/b15-7-. The summed E-state index contributed by atoms with van der Waals surface area (Å²) in [7, 11) is 1.63. The third-order valence-corrected chi connectivity index (χ3v) is 5.33. The summed E-state index contributed by atoms with van der Waals surface area (Å²) in [5.41, 5.74) is 2.11. The first-order valence-electron chi connectivity index (χ1n) is 7.52. The molecule has 0 aromatic heterocycles. The Labute approximate surface area is 174 Å². The van der Waals surface area contributed by atoms with E-state index < -0.39 is 0 Å². The van der Waals surface area contributed by atoms with E-state index in [-0.39, 0.29) is 5.91 Å². The SMILES string of the molecule is CN1C(=O)/C(=C/c2ccc(OCc3ccc(Cl)cc3Cl)c(Br)c2)NC1=S. The van der Waals surface area contributed by atoms with Gasteiger partial charge in [-0.3, -0.25) is 9.69 Å². The molecule has 1 amide bonds. The van der Waals surface area contributed by atoms with Gasteiger partial charge in [-0.05, 0) is 64.1 Å². The summed E-state index contributed by atoms with van der Waals surface area (Å²) in [4.78, 5) is 13.4. The molecule has 0 radical (unpaired) electrons. The number of halogens is 3. The number of carbonyl (C=O) groups excluding carboxylic acids is 1. The molecule has 1 saturated heterocycles. The van der Waals surface area contributed by atoms with Crippen LogP contribution in [0.1, 0.15) is 11.1 Å². The first-order chi connectivity index (χ1) is 12.3. The van der Waals surface area contributed by atoms with Gasteiger partial charge in [0, 0.05) is 22.7 Å². The van der Waals surface area contributed by atoms with Crippen LogP contribution >= 0.6 is 51.3 Å². The molecule has 1 fully saturated rings. The molecule has 1 heterocycles. The highest BCUT2D eigenvalue weighted by atomic mass is 79.9. The van der Waals surface area contributed by atoms with Gasteiger partial charge in [-0.25, -0.2) is 0 Å². The molecule has 0 aliphatic carbocycles. The molecule has 0 unspecified atom stereocenters. The summed E-state index contributed by atoms with van der Waals surface area (Å²) in [6.07, 6.45) is 1.74. The fourth-order valence-corrected chi connectivity index (χ4v) is 3.47. The summed E-state index contributed by atoms with van der Waals surface area (Å²) < 4.78 is 6.58. The average Bonchev–Trinajstić information content (AvgIpc) is 2.82. The van der Waals surface area contributed by atoms with Crippen LogP contribution in [-0.4, -0.2) is 23.0 Å². The van der Waals surface area contributed by atoms with Gasteiger partial charge in [0.25, 0.3) is 5.91 Å². The molecule has 0 saturated carbocycles. The molecular formula is C18H13BrCl2N2O2S. The van der Waals surface area contributed by atoms with Crippen molar-refractivity contribution in [3.8, 4) is 5.75 Å². The molecule has 1 aliphatic heterocycles. The minimum Gasteiger partial charge on any atom is -0.488 e. The molecule has 0 atom stereocenters. The Morgan fingerprint density at radius 3 is 2.65 bits per heavy atom. The summed E-state index contributed by atoms with van der Waals surface area (Å²) in [5, 5.41) is 4.42. The Morgan fingerprint density at radius 1 is 1.27 bits per heavy atom. The van der Waals surface area contributed by atoms with E-state index in [0.29, 0.717) is 33.2 Å². The Morgan fingerprint density at radius 2 is 2.04 bits per heavy atom. The maximum Gasteiger partial charge on any atom is 0.276 e. The fourth-order valence-electron chi connectivity index (χ4n) is 2.31. The second kappa shape index (κ2) is 7.96. The van der Waals surface area contributed by atoms with Crippen molar-refractivity contribution in [2.24, 2.45) is 0 Å². The van der Waals surface area contributed by atoms with Gasteiger partial charge in [-0.15, -0.1) is 0 Å². The van der Waals surface area contributed by atoms with Gasteiger partial charge in [0.2, 0.25) is 0 Å². The predicted molar refractivity (Wildman–Crippen MR) is 111 cm³/mol. The monoisotopic (exact) mass is 470 g/mol. The van der Waals surface area contributed by atoms with Crippen LogP contribution in [0.4, 0.5) is 0 Å². The molecule has 0 spiro atoms. The number of amides is 1.